The number of carbonyl (C=O) groups is 1. The minimum Gasteiger partial charge on any atom is -0.393 e. The Hall–Kier alpha value is -0.670. The Morgan fingerprint density at radius 3 is 2.72 bits per heavy atom. The van der Waals surface area contributed by atoms with Crippen LogP contribution in [0.2, 0.25) is 0 Å². The molecule has 4 aliphatic carbocycles. The van der Waals surface area contributed by atoms with Crippen LogP contribution in [-0.4, -0.2) is 28.2 Å². The number of hydrogen-bond acceptors (Lipinski definition) is 3. The Balaban J connectivity index is 1.55. The number of epoxide rings is 1. The van der Waals surface area contributed by atoms with Crippen molar-refractivity contribution in [1.29, 1.82) is 0 Å². The van der Waals surface area contributed by atoms with Crippen LogP contribution in [-0.2, 0) is 9.53 Å². The van der Waals surface area contributed by atoms with Gasteiger partial charge in [0, 0.05) is 5.41 Å². The van der Waals surface area contributed by atoms with E-state index < -0.39 is 5.60 Å². The first kappa shape index (κ1) is 16.5. The highest BCUT2D eigenvalue weighted by atomic mass is 16.6. The van der Waals surface area contributed by atoms with Gasteiger partial charge in [-0.2, -0.15) is 0 Å². The van der Waals surface area contributed by atoms with Crippen LogP contribution in [0.3, 0.4) is 0 Å². The van der Waals surface area contributed by atoms with Crippen LogP contribution in [0.4, 0.5) is 0 Å². The van der Waals surface area contributed by atoms with E-state index in [1.165, 1.54) is 12.8 Å². The normalized spacial score (nSPS) is 59.2. The quantitative estimate of drug-likeness (QED) is 0.577. The van der Waals surface area contributed by atoms with E-state index >= 15 is 0 Å². The smallest absolute Gasteiger partial charge is 0.165 e. The van der Waals surface area contributed by atoms with Crippen molar-refractivity contribution >= 4 is 5.78 Å². The summed E-state index contributed by atoms with van der Waals surface area (Å²) in [5.41, 5.74) is 1.12. The van der Waals surface area contributed by atoms with E-state index in [4.69, 9.17) is 4.74 Å². The first-order chi connectivity index (χ1) is 11.7. The molecule has 5 aliphatic rings. The summed E-state index contributed by atoms with van der Waals surface area (Å²) in [5, 5.41) is 10.1. The zero-order valence-corrected chi connectivity index (χ0v) is 16.1. The van der Waals surface area contributed by atoms with E-state index in [-0.39, 0.29) is 28.3 Å². The Bertz CT molecular complexity index is 683. The molecular formula is C22H32O3. The molecule has 0 aromatic rings. The number of aliphatic hydroxyl groups excluding tert-OH is 1. The topological polar surface area (TPSA) is 49.8 Å². The van der Waals surface area contributed by atoms with Crippen LogP contribution >= 0.6 is 0 Å². The largest absolute Gasteiger partial charge is 0.393 e. The van der Waals surface area contributed by atoms with E-state index in [0.717, 1.165) is 32.1 Å². The number of hydrogen-bond donors (Lipinski definition) is 1. The minimum absolute atomic E-state index is 0.0425. The molecule has 8 atom stereocenters. The van der Waals surface area contributed by atoms with Crippen LogP contribution in [0.25, 0.3) is 0 Å². The minimum atomic E-state index is -0.535. The lowest BCUT2D eigenvalue weighted by Crippen LogP contribution is -2.52. The number of fused-ring (bicyclic) bond motifs is 7. The summed E-state index contributed by atoms with van der Waals surface area (Å²) < 4.78 is 6.18. The third-order valence-corrected chi connectivity index (χ3v) is 9.38. The van der Waals surface area contributed by atoms with Crippen LogP contribution < -0.4 is 0 Å². The van der Waals surface area contributed by atoms with Gasteiger partial charge in [0.1, 0.15) is 5.60 Å². The van der Waals surface area contributed by atoms with Crippen LogP contribution in [0.15, 0.2) is 11.6 Å². The molecule has 0 bridgehead atoms. The molecule has 0 aromatic heterocycles. The number of rotatable bonds is 1. The third-order valence-electron chi connectivity index (χ3n) is 9.38. The zero-order chi connectivity index (χ0) is 17.8. The van der Waals surface area contributed by atoms with Gasteiger partial charge in [-0.3, -0.25) is 4.79 Å². The molecule has 0 aromatic carbocycles. The predicted octanol–water partition coefficient (Wildman–Crippen LogP) is 4.04. The molecular weight excluding hydrogens is 312 g/mol. The van der Waals surface area contributed by atoms with E-state index in [1.54, 1.807) is 12.5 Å². The molecule has 1 unspecified atom stereocenters. The van der Waals surface area contributed by atoms with Crippen LogP contribution in [0.5, 0.6) is 0 Å². The Labute approximate surface area is 151 Å². The Kier molecular flexibility index (Phi) is 3.03. The fraction of sp³-hybridized carbons (Fsp3) is 0.864. The number of allylic oxidation sites excluding steroid dienone is 2. The highest BCUT2D eigenvalue weighted by Gasteiger charge is 2.85. The Morgan fingerprint density at radius 1 is 1.24 bits per heavy atom. The number of Topliss-reactive ketones (excluding diaryl/α,β-unsaturated/α-hetero) is 1. The first-order valence-corrected chi connectivity index (χ1v) is 10.3. The average molecular weight is 344 g/mol. The molecule has 0 spiro atoms. The second kappa shape index (κ2) is 4.59. The van der Waals surface area contributed by atoms with Gasteiger partial charge in [-0.05, 0) is 82.0 Å². The van der Waals surface area contributed by atoms with E-state index in [2.05, 4.69) is 26.8 Å². The fourth-order valence-corrected chi connectivity index (χ4v) is 8.13. The molecule has 25 heavy (non-hydrogen) atoms. The molecule has 138 valence electrons. The molecule has 1 N–H and O–H groups in total. The van der Waals surface area contributed by atoms with Crippen molar-refractivity contribution in [1.82, 2.24) is 0 Å². The molecule has 0 amide bonds. The number of ether oxygens (including phenoxy) is 1. The van der Waals surface area contributed by atoms with E-state index in [0.29, 0.717) is 17.8 Å². The van der Waals surface area contributed by atoms with Gasteiger partial charge in [0.25, 0.3) is 0 Å². The van der Waals surface area contributed by atoms with Crippen molar-refractivity contribution in [3.63, 3.8) is 0 Å². The van der Waals surface area contributed by atoms with Gasteiger partial charge in [-0.15, -0.1) is 0 Å². The highest BCUT2D eigenvalue weighted by molar-refractivity contribution is 5.91. The average Bonchev–Trinajstić information content (AvgIpc) is 3.13. The summed E-state index contributed by atoms with van der Waals surface area (Å²) in [4.78, 5) is 12.6. The van der Waals surface area contributed by atoms with Crippen molar-refractivity contribution in [2.24, 2.45) is 28.6 Å². The van der Waals surface area contributed by atoms with E-state index in [1.807, 2.05) is 0 Å². The summed E-state index contributed by atoms with van der Waals surface area (Å²) >= 11 is 0. The second-order valence-corrected chi connectivity index (χ2v) is 10.4. The molecule has 3 nitrogen and oxygen atoms in total. The SMILES string of the molecule is CC(=O)[C@@]12O[C@]1(C)C[C@H]1[C@@H]3CCC4C[C@@H](O)CC[C@]4(C)C3=CC[C@@]12C. The first-order valence-electron chi connectivity index (χ1n) is 10.3. The molecule has 3 saturated carbocycles. The van der Waals surface area contributed by atoms with Gasteiger partial charge in [0.05, 0.1) is 6.10 Å². The van der Waals surface area contributed by atoms with Crippen molar-refractivity contribution in [2.75, 3.05) is 0 Å². The van der Waals surface area contributed by atoms with Gasteiger partial charge >= 0.3 is 0 Å². The van der Waals surface area contributed by atoms with E-state index in [9.17, 15) is 9.90 Å². The molecule has 1 saturated heterocycles. The standard InChI is InChI=1S/C22H32O3/c1-13(23)22-20(3)10-8-17-16(18(20)12-21(22,4)25-22)6-5-14-11-15(24)7-9-19(14,17)2/h8,14-16,18,24H,5-7,9-12H2,1-4H3/t14?,15-,16+,18-,19-,20-,21+,22-/m0/s1. The highest BCUT2D eigenvalue weighted by Crippen LogP contribution is 2.76. The van der Waals surface area contributed by atoms with Gasteiger partial charge in [0.15, 0.2) is 11.4 Å². The molecule has 4 fully saturated rings. The zero-order valence-electron chi connectivity index (χ0n) is 16.1. The van der Waals surface area contributed by atoms with Gasteiger partial charge < -0.3 is 9.84 Å². The summed E-state index contributed by atoms with van der Waals surface area (Å²) in [6.45, 7) is 8.68. The third kappa shape index (κ3) is 1.69. The predicted molar refractivity (Wildman–Crippen MR) is 96.0 cm³/mol. The summed E-state index contributed by atoms with van der Waals surface area (Å²) in [7, 11) is 0. The van der Waals surface area contributed by atoms with Crippen molar-refractivity contribution in [3.05, 3.63) is 11.6 Å². The number of carbonyl (C=O) groups excluding carboxylic acids is 1. The number of ketones is 1. The maximum Gasteiger partial charge on any atom is 0.165 e. The van der Waals surface area contributed by atoms with Crippen molar-refractivity contribution < 1.29 is 14.6 Å². The fourth-order valence-electron chi connectivity index (χ4n) is 8.13. The maximum absolute atomic E-state index is 12.6. The maximum atomic E-state index is 12.6. The van der Waals surface area contributed by atoms with Gasteiger partial charge in [-0.1, -0.05) is 25.5 Å². The van der Waals surface area contributed by atoms with Crippen LogP contribution in [0.1, 0.15) is 72.6 Å². The van der Waals surface area contributed by atoms with Crippen molar-refractivity contribution in [3.8, 4) is 0 Å². The summed E-state index contributed by atoms with van der Waals surface area (Å²) in [6, 6.07) is 0. The monoisotopic (exact) mass is 344 g/mol. The van der Waals surface area contributed by atoms with Gasteiger partial charge in [-0.25, -0.2) is 0 Å². The lowest BCUT2D eigenvalue weighted by atomic mass is 9.48. The molecule has 1 aliphatic heterocycles. The Morgan fingerprint density at radius 2 is 2.00 bits per heavy atom. The number of aliphatic hydroxyl groups is 1. The second-order valence-electron chi connectivity index (χ2n) is 10.4. The lowest BCUT2D eigenvalue weighted by molar-refractivity contribution is -0.129. The summed E-state index contributed by atoms with van der Waals surface area (Å²) in [6.07, 6.45) is 9.90. The van der Waals surface area contributed by atoms with Crippen molar-refractivity contribution in [2.45, 2.75) is 89.9 Å². The van der Waals surface area contributed by atoms with Gasteiger partial charge in [0.2, 0.25) is 0 Å². The molecule has 3 heteroatoms. The molecule has 5 rings (SSSR count). The molecule has 1 heterocycles. The van der Waals surface area contributed by atoms with Crippen LogP contribution in [0, 0.1) is 28.6 Å². The molecule has 0 radical (unpaired) electrons. The summed E-state index contributed by atoms with van der Waals surface area (Å²) in [5.74, 6) is 2.05. The lowest BCUT2D eigenvalue weighted by Gasteiger charge is -2.57.